The van der Waals surface area contributed by atoms with Crippen LogP contribution in [0.3, 0.4) is 0 Å². The van der Waals surface area contributed by atoms with Gasteiger partial charge in [-0.1, -0.05) is 0 Å². The Morgan fingerprint density at radius 2 is 2.18 bits per heavy atom. The van der Waals surface area contributed by atoms with Gasteiger partial charge in [0.15, 0.2) is 0 Å². The first-order chi connectivity index (χ1) is 8.19. The zero-order chi connectivity index (χ0) is 12.3. The lowest BCUT2D eigenvalue weighted by Gasteiger charge is -2.12. The molecule has 3 nitrogen and oxygen atoms in total. The molecule has 2 rings (SSSR count). The molecule has 0 radical (unpaired) electrons. The van der Waals surface area contributed by atoms with E-state index in [1.165, 1.54) is 6.07 Å². The van der Waals surface area contributed by atoms with Crippen molar-refractivity contribution in [1.82, 2.24) is 5.32 Å². The molecule has 0 heterocycles. The van der Waals surface area contributed by atoms with Crippen LogP contribution in [0.25, 0.3) is 0 Å². The lowest BCUT2D eigenvalue weighted by atomic mass is 10.2. The molecule has 0 aromatic heterocycles. The molecule has 5 heteroatoms. The van der Waals surface area contributed by atoms with E-state index >= 15 is 0 Å². The molecule has 0 aliphatic heterocycles. The normalized spacial score (nSPS) is 15.1. The van der Waals surface area contributed by atoms with Crippen molar-refractivity contribution in [3.63, 3.8) is 0 Å². The first-order valence-corrected chi connectivity index (χ1v) is 5.54. The van der Waals surface area contributed by atoms with E-state index in [4.69, 9.17) is 4.74 Å². The first-order valence-electron chi connectivity index (χ1n) is 5.54. The van der Waals surface area contributed by atoms with Crippen LogP contribution in [0.15, 0.2) is 18.2 Å². The summed E-state index contributed by atoms with van der Waals surface area (Å²) in [6, 6.07) is 5.35. The Balaban J connectivity index is 2.10. The summed E-state index contributed by atoms with van der Waals surface area (Å²) in [4.78, 5) is 0. The molecule has 94 valence electrons. The van der Waals surface area contributed by atoms with Crippen LogP contribution >= 0.6 is 0 Å². The molecule has 1 saturated carbocycles. The zero-order valence-corrected chi connectivity index (χ0v) is 9.58. The second-order valence-corrected chi connectivity index (χ2v) is 4.01. The van der Waals surface area contributed by atoms with Gasteiger partial charge in [0.25, 0.3) is 0 Å². The summed E-state index contributed by atoms with van der Waals surface area (Å²) >= 11 is 0. The Morgan fingerprint density at radius 1 is 1.41 bits per heavy atom. The number of rotatable bonds is 6. The van der Waals surface area contributed by atoms with Crippen LogP contribution in [0.2, 0.25) is 0 Å². The third kappa shape index (κ3) is 3.56. The quantitative estimate of drug-likeness (QED) is 0.832. The molecule has 0 unspecified atom stereocenters. The third-order valence-electron chi connectivity index (χ3n) is 2.64. The summed E-state index contributed by atoms with van der Waals surface area (Å²) < 4.78 is 34.0. The van der Waals surface area contributed by atoms with Crippen LogP contribution in [-0.2, 0) is 6.54 Å². The molecule has 1 aromatic carbocycles. The fourth-order valence-electron chi connectivity index (χ4n) is 1.57. The van der Waals surface area contributed by atoms with Gasteiger partial charge in [0.2, 0.25) is 0 Å². The number of alkyl halides is 2. The van der Waals surface area contributed by atoms with Crippen molar-refractivity contribution >= 4 is 0 Å². The van der Waals surface area contributed by atoms with Gasteiger partial charge in [-0.05, 0) is 31.0 Å². The summed E-state index contributed by atoms with van der Waals surface area (Å²) in [6.07, 6.45) is 2.30. The van der Waals surface area contributed by atoms with Crippen molar-refractivity contribution in [1.29, 1.82) is 0 Å². The van der Waals surface area contributed by atoms with Crippen LogP contribution in [0.1, 0.15) is 18.4 Å². The predicted octanol–water partition coefficient (Wildman–Crippen LogP) is 2.55. The van der Waals surface area contributed by atoms with Gasteiger partial charge >= 0.3 is 6.61 Å². The molecular weight excluding hydrogens is 228 g/mol. The summed E-state index contributed by atoms with van der Waals surface area (Å²) in [7, 11) is 1.54. The summed E-state index contributed by atoms with van der Waals surface area (Å²) in [5, 5.41) is 3.26. The van der Waals surface area contributed by atoms with Crippen molar-refractivity contribution in [3.8, 4) is 11.5 Å². The number of methoxy groups -OCH3 is 1. The Bertz CT molecular complexity index is 381. The van der Waals surface area contributed by atoms with Crippen molar-refractivity contribution < 1.29 is 18.3 Å². The van der Waals surface area contributed by atoms with Gasteiger partial charge in [0.1, 0.15) is 11.5 Å². The fraction of sp³-hybridized carbons (Fsp3) is 0.500. The van der Waals surface area contributed by atoms with Gasteiger partial charge in [-0.2, -0.15) is 8.78 Å². The van der Waals surface area contributed by atoms with E-state index < -0.39 is 6.61 Å². The first kappa shape index (κ1) is 12.1. The zero-order valence-electron chi connectivity index (χ0n) is 9.58. The van der Waals surface area contributed by atoms with Crippen LogP contribution in [0, 0.1) is 0 Å². The minimum atomic E-state index is -2.80. The third-order valence-corrected chi connectivity index (χ3v) is 2.64. The van der Waals surface area contributed by atoms with Gasteiger partial charge in [-0.25, -0.2) is 0 Å². The van der Waals surface area contributed by atoms with E-state index in [1.807, 2.05) is 0 Å². The molecule has 1 fully saturated rings. The predicted molar refractivity (Wildman–Crippen MR) is 59.5 cm³/mol. The summed E-state index contributed by atoms with van der Waals surface area (Å²) in [5.41, 5.74) is 0.691. The van der Waals surface area contributed by atoms with Gasteiger partial charge < -0.3 is 14.8 Å². The molecule has 1 aliphatic rings. The molecule has 1 N–H and O–H groups in total. The standard InChI is InChI=1S/C12H15F2NO2/c1-16-10-4-5-11(17-12(13)14)8(6-10)7-15-9-2-3-9/h4-6,9,12,15H,2-3,7H2,1H3. The summed E-state index contributed by atoms with van der Waals surface area (Å²) in [6.45, 7) is -2.28. The van der Waals surface area contributed by atoms with E-state index in [0.29, 0.717) is 23.9 Å². The fourth-order valence-corrected chi connectivity index (χ4v) is 1.57. The second kappa shape index (κ2) is 5.31. The molecule has 0 spiro atoms. The lowest BCUT2D eigenvalue weighted by molar-refractivity contribution is -0.0505. The van der Waals surface area contributed by atoms with Crippen molar-refractivity contribution in [2.45, 2.75) is 32.0 Å². The number of benzene rings is 1. The van der Waals surface area contributed by atoms with E-state index in [9.17, 15) is 8.78 Å². The van der Waals surface area contributed by atoms with Crippen LogP contribution < -0.4 is 14.8 Å². The van der Waals surface area contributed by atoms with Crippen LogP contribution in [-0.4, -0.2) is 19.8 Å². The molecular formula is C12H15F2NO2. The van der Waals surface area contributed by atoms with Gasteiger partial charge in [0, 0.05) is 18.2 Å². The topological polar surface area (TPSA) is 30.5 Å². The molecule has 1 aromatic rings. The Morgan fingerprint density at radius 3 is 2.76 bits per heavy atom. The highest BCUT2D eigenvalue weighted by atomic mass is 19.3. The van der Waals surface area contributed by atoms with Crippen molar-refractivity contribution in [2.75, 3.05) is 7.11 Å². The minimum absolute atomic E-state index is 0.203. The van der Waals surface area contributed by atoms with Crippen molar-refractivity contribution in [2.24, 2.45) is 0 Å². The Hall–Kier alpha value is -1.36. The number of hydrogen-bond donors (Lipinski definition) is 1. The maximum Gasteiger partial charge on any atom is 0.387 e. The Kier molecular flexibility index (Phi) is 3.78. The van der Waals surface area contributed by atoms with Gasteiger partial charge in [-0.15, -0.1) is 0 Å². The van der Waals surface area contributed by atoms with E-state index in [0.717, 1.165) is 12.8 Å². The van der Waals surface area contributed by atoms with Crippen LogP contribution in [0.5, 0.6) is 11.5 Å². The van der Waals surface area contributed by atoms with Gasteiger partial charge in [0.05, 0.1) is 7.11 Å². The second-order valence-electron chi connectivity index (χ2n) is 4.01. The number of halogens is 2. The highest BCUT2D eigenvalue weighted by Crippen LogP contribution is 2.27. The lowest BCUT2D eigenvalue weighted by Crippen LogP contribution is -2.16. The average molecular weight is 243 g/mol. The number of hydrogen-bond acceptors (Lipinski definition) is 3. The monoisotopic (exact) mass is 243 g/mol. The minimum Gasteiger partial charge on any atom is -0.497 e. The average Bonchev–Trinajstić information content (AvgIpc) is 3.11. The molecule has 0 saturated heterocycles. The van der Waals surface area contributed by atoms with Crippen LogP contribution in [0.4, 0.5) is 8.78 Å². The highest BCUT2D eigenvalue weighted by Gasteiger charge is 2.21. The maximum atomic E-state index is 12.2. The molecule has 1 aliphatic carbocycles. The largest absolute Gasteiger partial charge is 0.497 e. The van der Waals surface area contributed by atoms with E-state index in [1.54, 1.807) is 19.2 Å². The highest BCUT2D eigenvalue weighted by molar-refractivity contribution is 5.40. The molecule has 0 amide bonds. The van der Waals surface area contributed by atoms with Crippen molar-refractivity contribution in [3.05, 3.63) is 23.8 Å². The van der Waals surface area contributed by atoms with E-state index in [2.05, 4.69) is 10.1 Å². The smallest absolute Gasteiger partial charge is 0.387 e. The molecule has 0 bridgehead atoms. The maximum absolute atomic E-state index is 12.2. The van der Waals surface area contributed by atoms with Gasteiger partial charge in [-0.3, -0.25) is 0 Å². The Labute approximate surface area is 98.7 Å². The van der Waals surface area contributed by atoms with E-state index in [-0.39, 0.29) is 5.75 Å². The molecule has 0 atom stereocenters. The SMILES string of the molecule is COc1ccc(OC(F)F)c(CNC2CC2)c1. The number of nitrogens with one attached hydrogen (secondary N) is 1. The summed E-state index contributed by atoms with van der Waals surface area (Å²) in [5.74, 6) is 0.841. The number of ether oxygens (including phenoxy) is 2. The molecule has 17 heavy (non-hydrogen) atoms.